The fraction of sp³-hybridized carbons (Fsp3) is 0.364. The van der Waals surface area contributed by atoms with Gasteiger partial charge in [-0.15, -0.1) is 35.9 Å². The van der Waals surface area contributed by atoms with E-state index in [2.05, 4.69) is 30.9 Å². The van der Waals surface area contributed by atoms with Crippen LogP contribution in [0.3, 0.4) is 0 Å². The Hall–Kier alpha value is -1.32. The molecule has 2 aromatic carbocycles. The highest BCUT2D eigenvalue weighted by molar-refractivity contribution is 8.00. The molecule has 0 aliphatic rings. The molecule has 1 heterocycles. The lowest BCUT2D eigenvalue weighted by molar-refractivity contribution is -0.116. The molecule has 0 N–H and O–H groups in total. The van der Waals surface area contributed by atoms with Gasteiger partial charge in [0, 0.05) is 22.9 Å². The molecule has 0 radical (unpaired) electrons. The lowest BCUT2D eigenvalue weighted by Gasteiger charge is -2.24. The summed E-state index contributed by atoms with van der Waals surface area (Å²) in [5.41, 5.74) is 0.955. The number of para-hydroxylation sites is 1. The number of rotatable bonds is 10. The van der Waals surface area contributed by atoms with Crippen LogP contribution in [-0.2, 0) is 4.79 Å². The molecule has 0 saturated carbocycles. The fourth-order valence-corrected chi connectivity index (χ4v) is 5.49. The molecule has 1 amide bonds. The largest absolute Gasteiger partial charge is 0.302 e. The molecule has 3 aromatic rings. The van der Waals surface area contributed by atoms with E-state index in [9.17, 15) is 9.18 Å². The third-order valence-electron chi connectivity index (χ3n) is 4.83. The molecule has 4 nitrogen and oxygen atoms in total. The number of hydrogen-bond acceptors (Lipinski definition) is 6. The Bertz CT molecular complexity index is 980. The number of amides is 1. The second-order valence-electron chi connectivity index (χ2n) is 6.62. The Morgan fingerprint density at radius 1 is 1.10 bits per heavy atom. The lowest BCUT2D eigenvalue weighted by Crippen LogP contribution is -2.39. The van der Waals surface area contributed by atoms with E-state index in [1.54, 1.807) is 35.2 Å². The maximum Gasteiger partial charge on any atom is 0.239 e. The molecule has 31 heavy (non-hydrogen) atoms. The Morgan fingerprint density at radius 2 is 1.81 bits per heavy atom. The Labute approximate surface area is 202 Å². The summed E-state index contributed by atoms with van der Waals surface area (Å²) in [5, 5.41) is 0.739. The number of likely N-dealkylation sites (N-methyl/N-ethyl adjacent to an activating group) is 1. The molecule has 1 aromatic heterocycles. The molecule has 0 fully saturated rings. The summed E-state index contributed by atoms with van der Waals surface area (Å²) in [6, 6.07) is 12.4. The smallest absolute Gasteiger partial charge is 0.239 e. The Balaban J connectivity index is 0.00000341. The molecule has 0 spiro atoms. The molecular formula is C22H27ClFN3OS3. The minimum absolute atomic E-state index is 0. The highest BCUT2D eigenvalue weighted by Crippen LogP contribution is 2.34. The summed E-state index contributed by atoms with van der Waals surface area (Å²) >= 11 is 4.64. The van der Waals surface area contributed by atoms with Crippen molar-refractivity contribution in [1.82, 2.24) is 9.88 Å². The Morgan fingerprint density at radius 3 is 2.45 bits per heavy atom. The van der Waals surface area contributed by atoms with Gasteiger partial charge in [0.1, 0.15) is 5.82 Å². The van der Waals surface area contributed by atoms with Gasteiger partial charge in [0.25, 0.3) is 0 Å². The van der Waals surface area contributed by atoms with Gasteiger partial charge in [-0.3, -0.25) is 9.69 Å². The SMILES string of the molecule is CCN(CC)CCN(C(=O)CSc1ccc(F)cc1)c1nc2c(SC)cccc2s1.Cl. The fourth-order valence-electron chi connectivity index (χ4n) is 3.05. The van der Waals surface area contributed by atoms with Crippen LogP contribution < -0.4 is 4.90 Å². The van der Waals surface area contributed by atoms with Crippen LogP contribution in [0, 0.1) is 5.82 Å². The number of thiazole rings is 1. The average molecular weight is 500 g/mol. The second kappa shape index (κ2) is 12.6. The number of fused-ring (bicyclic) bond motifs is 1. The van der Waals surface area contributed by atoms with Crippen molar-refractivity contribution in [2.75, 3.05) is 43.1 Å². The summed E-state index contributed by atoms with van der Waals surface area (Å²) in [7, 11) is 0. The van der Waals surface area contributed by atoms with Crippen LogP contribution in [-0.4, -0.2) is 54.0 Å². The molecule has 0 saturated heterocycles. The van der Waals surface area contributed by atoms with Crippen molar-refractivity contribution >= 4 is 68.5 Å². The number of halogens is 2. The summed E-state index contributed by atoms with van der Waals surface area (Å²) in [6.07, 6.45) is 2.04. The van der Waals surface area contributed by atoms with E-state index in [4.69, 9.17) is 4.98 Å². The number of benzene rings is 2. The van der Waals surface area contributed by atoms with Gasteiger partial charge < -0.3 is 4.90 Å². The van der Waals surface area contributed by atoms with E-state index in [1.165, 1.54) is 23.9 Å². The predicted octanol–water partition coefficient (Wildman–Crippen LogP) is 6.05. The number of hydrogen-bond donors (Lipinski definition) is 0. The third-order valence-corrected chi connectivity index (χ3v) is 7.64. The zero-order valence-corrected chi connectivity index (χ0v) is 21.1. The van der Waals surface area contributed by atoms with Crippen LogP contribution in [0.2, 0.25) is 0 Å². The van der Waals surface area contributed by atoms with Crippen molar-refractivity contribution in [2.24, 2.45) is 0 Å². The third kappa shape index (κ3) is 6.83. The summed E-state index contributed by atoms with van der Waals surface area (Å²) in [5.74, 6) is 0.0293. The van der Waals surface area contributed by atoms with Gasteiger partial charge in [-0.05, 0) is 55.7 Å². The molecule has 0 aliphatic carbocycles. The van der Waals surface area contributed by atoms with E-state index in [0.29, 0.717) is 6.54 Å². The van der Waals surface area contributed by atoms with Gasteiger partial charge in [0.2, 0.25) is 5.91 Å². The molecule has 0 atom stereocenters. The van der Waals surface area contributed by atoms with Gasteiger partial charge in [0.15, 0.2) is 5.13 Å². The predicted molar refractivity (Wildman–Crippen MR) is 136 cm³/mol. The zero-order valence-electron chi connectivity index (χ0n) is 17.8. The van der Waals surface area contributed by atoms with Gasteiger partial charge in [-0.25, -0.2) is 9.37 Å². The molecular weight excluding hydrogens is 473 g/mol. The minimum Gasteiger partial charge on any atom is -0.302 e. The van der Waals surface area contributed by atoms with Crippen molar-refractivity contribution in [3.05, 3.63) is 48.3 Å². The average Bonchev–Trinajstić information content (AvgIpc) is 3.20. The topological polar surface area (TPSA) is 36.4 Å². The molecule has 0 bridgehead atoms. The number of nitrogens with zero attached hydrogens (tertiary/aromatic N) is 3. The standard InChI is InChI=1S/C22H26FN3OS3.ClH/c1-4-25(5-2)13-14-26(20(27)15-29-17-11-9-16(23)10-12-17)22-24-21-18(28-3)7-6-8-19(21)30-22;/h6-12H,4-5,13-15H2,1-3H3;1H. The van der Waals surface area contributed by atoms with Crippen molar-refractivity contribution in [3.8, 4) is 0 Å². The van der Waals surface area contributed by atoms with Gasteiger partial charge in [0.05, 0.1) is 16.0 Å². The van der Waals surface area contributed by atoms with E-state index in [1.807, 2.05) is 17.2 Å². The molecule has 168 valence electrons. The summed E-state index contributed by atoms with van der Waals surface area (Å²) in [6.45, 7) is 7.54. The first-order chi connectivity index (χ1) is 14.5. The lowest BCUT2D eigenvalue weighted by atomic mass is 10.3. The number of carbonyl (C=O) groups excluding carboxylic acids is 1. The highest BCUT2D eigenvalue weighted by atomic mass is 35.5. The van der Waals surface area contributed by atoms with E-state index in [-0.39, 0.29) is 29.9 Å². The van der Waals surface area contributed by atoms with Gasteiger partial charge >= 0.3 is 0 Å². The summed E-state index contributed by atoms with van der Waals surface area (Å²) in [4.78, 5) is 24.1. The highest BCUT2D eigenvalue weighted by Gasteiger charge is 2.21. The summed E-state index contributed by atoms with van der Waals surface area (Å²) < 4.78 is 14.2. The first kappa shape index (κ1) is 25.9. The van der Waals surface area contributed by atoms with Gasteiger partial charge in [-0.2, -0.15) is 0 Å². The number of thioether (sulfide) groups is 2. The van der Waals surface area contributed by atoms with Crippen LogP contribution in [0.1, 0.15) is 13.8 Å². The van der Waals surface area contributed by atoms with Crippen molar-refractivity contribution < 1.29 is 9.18 Å². The molecule has 3 rings (SSSR count). The number of carbonyl (C=O) groups is 1. The quantitative estimate of drug-likeness (QED) is 0.317. The van der Waals surface area contributed by atoms with E-state index < -0.39 is 0 Å². The van der Waals surface area contributed by atoms with Crippen LogP contribution in [0.4, 0.5) is 9.52 Å². The van der Waals surface area contributed by atoms with E-state index >= 15 is 0 Å². The van der Waals surface area contributed by atoms with Crippen molar-refractivity contribution in [1.29, 1.82) is 0 Å². The second-order valence-corrected chi connectivity index (χ2v) is 9.52. The monoisotopic (exact) mass is 499 g/mol. The maximum absolute atomic E-state index is 13.2. The molecule has 0 unspecified atom stereocenters. The van der Waals surface area contributed by atoms with E-state index in [0.717, 1.165) is 44.8 Å². The number of anilines is 1. The van der Waals surface area contributed by atoms with Crippen molar-refractivity contribution in [3.63, 3.8) is 0 Å². The van der Waals surface area contributed by atoms with Crippen molar-refractivity contribution in [2.45, 2.75) is 23.6 Å². The van der Waals surface area contributed by atoms with Gasteiger partial charge in [-0.1, -0.05) is 31.3 Å². The first-order valence-corrected chi connectivity index (χ1v) is 12.9. The Kier molecular flexibility index (Phi) is 10.6. The van der Waals surface area contributed by atoms with Crippen LogP contribution >= 0.6 is 47.3 Å². The first-order valence-electron chi connectivity index (χ1n) is 9.90. The minimum atomic E-state index is -0.273. The number of aromatic nitrogens is 1. The van der Waals surface area contributed by atoms with Crippen LogP contribution in [0.15, 0.2) is 52.3 Å². The zero-order chi connectivity index (χ0) is 21.5. The molecule has 0 aliphatic heterocycles. The maximum atomic E-state index is 13.2. The normalized spacial score (nSPS) is 11.0. The van der Waals surface area contributed by atoms with Crippen LogP contribution in [0.5, 0.6) is 0 Å². The molecule has 9 heteroatoms. The van der Waals surface area contributed by atoms with Crippen LogP contribution in [0.25, 0.3) is 10.2 Å².